The fourth-order valence-electron chi connectivity index (χ4n) is 1.40. The highest BCUT2D eigenvalue weighted by molar-refractivity contribution is 5.96. The maximum atomic E-state index is 11.7. The normalized spacial score (nSPS) is 11.6. The van der Waals surface area contributed by atoms with E-state index in [2.05, 4.69) is 0 Å². The Morgan fingerprint density at radius 2 is 1.68 bits per heavy atom. The van der Waals surface area contributed by atoms with Gasteiger partial charge in [0.25, 0.3) is 0 Å². The molecule has 0 spiro atoms. The summed E-state index contributed by atoms with van der Waals surface area (Å²) >= 11 is 0. The Bertz CT molecular complexity index is 493. The highest BCUT2D eigenvalue weighted by Crippen LogP contribution is 2.03. The summed E-state index contributed by atoms with van der Waals surface area (Å²) in [6.45, 7) is 1.82. The monoisotopic (exact) mass is 254 g/mol. The van der Waals surface area contributed by atoms with E-state index in [0.717, 1.165) is 5.56 Å². The van der Waals surface area contributed by atoms with Crippen molar-refractivity contribution < 1.29 is 9.59 Å². The number of rotatable bonds is 7. The Morgan fingerprint density at radius 3 is 2.37 bits per heavy atom. The topological polar surface area (TPSA) is 34.1 Å². The molecule has 0 saturated carbocycles. The summed E-state index contributed by atoms with van der Waals surface area (Å²) in [6, 6.07) is 9.22. The maximum absolute atomic E-state index is 11.7. The van der Waals surface area contributed by atoms with Crippen molar-refractivity contribution in [2.75, 3.05) is 0 Å². The molecule has 0 amide bonds. The third-order valence-electron chi connectivity index (χ3n) is 2.50. The molecular formula is C17H18O2. The van der Waals surface area contributed by atoms with Crippen molar-refractivity contribution in [1.82, 2.24) is 0 Å². The quantitative estimate of drug-likeness (QED) is 0.420. The van der Waals surface area contributed by atoms with Gasteiger partial charge in [0.05, 0.1) is 0 Å². The van der Waals surface area contributed by atoms with Crippen molar-refractivity contribution >= 4 is 11.6 Å². The predicted molar refractivity (Wildman–Crippen MR) is 78.1 cm³/mol. The first-order valence-corrected chi connectivity index (χ1v) is 6.35. The van der Waals surface area contributed by atoms with Gasteiger partial charge >= 0.3 is 0 Å². The van der Waals surface area contributed by atoms with Crippen LogP contribution >= 0.6 is 0 Å². The number of carbonyl (C=O) groups excluding carboxylic acids is 2. The molecule has 0 atom stereocenters. The zero-order valence-electron chi connectivity index (χ0n) is 11.1. The lowest BCUT2D eigenvalue weighted by Gasteiger charge is -1.95. The first-order chi connectivity index (χ1) is 9.24. The van der Waals surface area contributed by atoms with E-state index < -0.39 is 0 Å². The van der Waals surface area contributed by atoms with Gasteiger partial charge in [-0.3, -0.25) is 9.59 Å². The molecule has 0 aliphatic rings. The van der Waals surface area contributed by atoms with E-state index in [4.69, 9.17) is 0 Å². The molecule has 19 heavy (non-hydrogen) atoms. The fourth-order valence-corrected chi connectivity index (χ4v) is 1.40. The number of hydrogen-bond acceptors (Lipinski definition) is 2. The zero-order valence-corrected chi connectivity index (χ0v) is 11.1. The number of allylic oxidation sites excluding steroid dienone is 6. The largest absolute Gasteiger partial charge is 0.295 e. The maximum Gasteiger partial charge on any atom is 0.166 e. The minimum atomic E-state index is 0.0990. The molecule has 98 valence electrons. The highest BCUT2D eigenvalue weighted by atomic mass is 16.1. The van der Waals surface area contributed by atoms with Crippen molar-refractivity contribution in [3.05, 3.63) is 72.4 Å². The van der Waals surface area contributed by atoms with Gasteiger partial charge in [0.1, 0.15) is 0 Å². The summed E-state index contributed by atoms with van der Waals surface area (Å²) in [4.78, 5) is 22.7. The van der Waals surface area contributed by atoms with Crippen LogP contribution in [0.25, 0.3) is 0 Å². The molecule has 1 aromatic rings. The van der Waals surface area contributed by atoms with Crippen LogP contribution in [0.5, 0.6) is 0 Å². The van der Waals surface area contributed by atoms with Crippen molar-refractivity contribution in [1.29, 1.82) is 0 Å². The Labute approximate surface area is 114 Å². The third-order valence-corrected chi connectivity index (χ3v) is 2.50. The Balaban J connectivity index is 2.35. The molecule has 0 aliphatic carbocycles. The van der Waals surface area contributed by atoms with E-state index in [1.807, 2.05) is 43.3 Å². The lowest BCUT2D eigenvalue weighted by atomic mass is 10.1. The van der Waals surface area contributed by atoms with Crippen molar-refractivity contribution in [3.8, 4) is 0 Å². The molecule has 0 radical (unpaired) electrons. The van der Waals surface area contributed by atoms with E-state index in [0.29, 0.717) is 12.8 Å². The fraction of sp³-hybridized carbons (Fsp3) is 0.176. The molecular weight excluding hydrogens is 236 g/mol. The van der Waals surface area contributed by atoms with Gasteiger partial charge in [0, 0.05) is 18.4 Å². The first-order valence-electron chi connectivity index (χ1n) is 6.35. The molecule has 0 saturated heterocycles. The molecule has 1 rings (SSSR count). The summed E-state index contributed by atoms with van der Waals surface area (Å²) in [7, 11) is 0. The Morgan fingerprint density at radius 1 is 1.00 bits per heavy atom. The van der Waals surface area contributed by atoms with E-state index in [1.54, 1.807) is 30.4 Å². The van der Waals surface area contributed by atoms with Crippen LogP contribution in [-0.2, 0) is 4.79 Å². The molecule has 0 aliphatic heterocycles. The molecule has 0 aromatic heterocycles. The minimum absolute atomic E-state index is 0.0990. The minimum Gasteiger partial charge on any atom is -0.295 e. The van der Waals surface area contributed by atoms with Gasteiger partial charge in [0.15, 0.2) is 11.6 Å². The Kier molecular flexibility index (Phi) is 6.88. The molecule has 1 aromatic carbocycles. The smallest absolute Gasteiger partial charge is 0.166 e. The van der Waals surface area contributed by atoms with E-state index in [1.165, 1.54) is 0 Å². The van der Waals surface area contributed by atoms with Gasteiger partial charge < -0.3 is 0 Å². The second-order valence-corrected chi connectivity index (χ2v) is 3.99. The van der Waals surface area contributed by atoms with E-state index >= 15 is 0 Å². The van der Waals surface area contributed by atoms with Crippen LogP contribution in [-0.4, -0.2) is 11.6 Å². The van der Waals surface area contributed by atoms with Crippen LogP contribution in [0.3, 0.4) is 0 Å². The molecule has 0 N–H and O–H groups in total. The molecule has 0 unspecified atom stereocenters. The van der Waals surface area contributed by atoms with Crippen LogP contribution in [0, 0.1) is 0 Å². The second kappa shape index (κ2) is 8.81. The van der Waals surface area contributed by atoms with Crippen LogP contribution in [0.2, 0.25) is 0 Å². The molecule has 2 nitrogen and oxygen atoms in total. The average molecular weight is 254 g/mol. The third kappa shape index (κ3) is 6.32. The van der Waals surface area contributed by atoms with E-state index in [-0.39, 0.29) is 11.6 Å². The van der Waals surface area contributed by atoms with Crippen LogP contribution in [0.4, 0.5) is 0 Å². The van der Waals surface area contributed by atoms with Gasteiger partial charge in [-0.15, -0.1) is 0 Å². The lowest BCUT2D eigenvalue weighted by Crippen LogP contribution is -1.95. The number of carbonyl (C=O) groups is 2. The summed E-state index contributed by atoms with van der Waals surface area (Å²) in [5, 5.41) is 0. The molecule has 0 heterocycles. The van der Waals surface area contributed by atoms with Gasteiger partial charge in [0.2, 0.25) is 0 Å². The predicted octanol–water partition coefficient (Wildman–Crippen LogP) is 3.91. The SMILES string of the molecule is CCC(=O)/C=C/C=C/C=C/CC(=O)c1ccccc1. The lowest BCUT2D eigenvalue weighted by molar-refractivity contribution is -0.114. The summed E-state index contributed by atoms with van der Waals surface area (Å²) in [6.07, 6.45) is 11.3. The van der Waals surface area contributed by atoms with Gasteiger partial charge in [-0.05, 0) is 6.08 Å². The van der Waals surface area contributed by atoms with Crippen LogP contribution < -0.4 is 0 Å². The number of benzene rings is 1. The van der Waals surface area contributed by atoms with Gasteiger partial charge in [-0.2, -0.15) is 0 Å². The second-order valence-electron chi connectivity index (χ2n) is 3.99. The Hall–Kier alpha value is -2.22. The molecule has 2 heteroatoms. The van der Waals surface area contributed by atoms with Crippen molar-refractivity contribution in [2.24, 2.45) is 0 Å². The zero-order chi connectivity index (χ0) is 13.9. The number of Topliss-reactive ketones (excluding diaryl/α,β-unsaturated/α-hetero) is 1. The number of hydrogen-bond donors (Lipinski definition) is 0. The van der Waals surface area contributed by atoms with Crippen molar-refractivity contribution in [3.63, 3.8) is 0 Å². The van der Waals surface area contributed by atoms with Crippen molar-refractivity contribution in [2.45, 2.75) is 19.8 Å². The van der Waals surface area contributed by atoms with Gasteiger partial charge in [-0.25, -0.2) is 0 Å². The van der Waals surface area contributed by atoms with Gasteiger partial charge in [-0.1, -0.05) is 67.6 Å². The summed E-state index contributed by atoms with van der Waals surface area (Å²) < 4.78 is 0. The first kappa shape index (κ1) is 14.8. The highest BCUT2D eigenvalue weighted by Gasteiger charge is 2.00. The van der Waals surface area contributed by atoms with Crippen LogP contribution in [0.1, 0.15) is 30.1 Å². The van der Waals surface area contributed by atoms with E-state index in [9.17, 15) is 9.59 Å². The average Bonchev–Trinajstić information content (AvgIpc) is 2.46. The summed E-state index contributed by atoms with van der Waals surface area (Å²) in [5.74, 6) is 0.204. The van der Waals surface area contributed by atoms with Crippen LogP contribution in [0.15, 0.2) is 66.8 Å². The molecule has 0 bridgehead atoms. The number of ketones is 2. The molecule has 0 fully saturated rings. The summed E-state index contributed by atoms with van der Waals surface area (Å²) in [5.41, 5.74) is 0.726. The standard InChI is InChI=1S/C17H18O2/c1-2-16(18)13-9-4-3-5-10-14-17(19)15-11-7-6-8-12-15/h3-13H,2,14H2,1H3/b4-3+,10-5+,13-9+.